The number of halogens is 3. The van der Waals surface area contributed by atoms with Gasteiger partial charge in [-0.2, -0.15) is 30.2 Å². The van der Waals surface area contributed by atoms with E-state index in [1.165, 1.54) is 6.20 Å². The van der Waals surface area contributed by atoms with Gasteiger partial charge in [-0.3, -0.25) is 23.9 Å². The molecule has 1 aliphatic heterocycles. The van der Waals surface area contributed by atoms with Gasteiger partial charge in [0.2, 0.25) is 5.91 Å². The molecule has 0 aliphatic carbocycles. The topological polar surface area (TPSA) is 110 Å². The van der Waals surface area contributed by atoms with Crippen LogP contribution in [0.1, 0.15) is 19.8 Å². The van der Waals surface area contributed by atoms with E-state index in [2.05, 4.69) is 16.5 Å². The van der Waals surface area contributed by atoms with Crippen LogP contribution in [0, 0.1) is 11.3 Å². The Hall–Kier alpha value is -3.28. The average molecular weight is 597 g/mol. The quantitative estimate of drug-likeness (QED) is 0.431. The predicted molar refractivity (Wildman–Crippen MR) is 153 cm³/mol. The van der Waals surface area contributed by atoms with Gasteiger partial charge in [0, 0.05) is 43.0 Å². The number of nitrogens with zero attached hydrogens (tertiary/aromatic N) is 4. The Kier molecular flexibility index (Phi) is 10.8. The van der Waals surface area contributed by atoms with Crippen LogP contribution < -0.4 is 30.3 Å². The predicted octanol–water partition coefficient (Wildman–Crippen LogP) is 1.92. The fraction of sp³-hybridized carbons (Fsp3) is 0.462. The van der Waals surface area contributed by atoms with Crippen molar-refractivity contribution < 1.29 is 22.8 Å². The first-order valence-corrected chi connectivity index (χ1v) is 14.7. The number of hydrogen-bond donors (Lipinski definition) is 2. The zero-order valence-electron chi connectivity index (χ0n) is 22.4. The maximum atomic E-state index is 13.0. The number of nitriles is 1. The number of nitrogens with one attached hydrogen (secondary N) is 2. The van der Waals surface area contributed by atoms with E-state index in [0.717, 1.165) is 41.0 Å². The summed E-state index contributed by atoms with van der Waals surface area (Å²) in [6.45, 7) is 1.36. The lowest BCUT2D eigenvalue weighted by Crippen LogP contribution is -2.41. The Balaban J connectivity index is 1.82. The Bertz CT molecular complexity index is 1450. The number of likely N-dealkylation sites (N-methyl/N-ethyl adjacent to an activating group) is 1. The van der Waals surface area contributed by atoms with Crippen molar-refractivity contribution >= 4 is 58.1 Å². The van der Waals surface area contributed by atoms with Crippen molar-refractivity contribution in [1.82, 2.24) is 14.8 Å². The van der Waals surface area contributed by atoms with E-state index in [4.69, 9.17) is 0 Å². The van der Waals surface area contributed by atoms with Crippen LogP contribution >= 0.6 is 23.1 Å². The number of thiazole rings is 1. The van der Waals surface area contributed by atoms with E-state index in [9.17, 15) is 32.8 Å². The summed E-state index contributed by atoms with van der Waals surface area (Å²) in [4.78, 5) is 42.0. The largest absolute Gasteiger partial charge is 0.405 e. The number of carbonyl (C=O) groups excluding carboxylic acids is 2. The van der Waals surface area contributed by atoms with Crippen LogP contribution in [0.4, 0.5) is 24.5 Å². The summed E-state index contributed by atoms with van der Waals surface area (Å²) in [6.07, 6.45) is 0.988. The molecule has 0 bridgehead atoms. The van der Waals surface area contributed by atoms with Crippen LogP contribution in [-0.2, 0) is 16.1 Å². The van der Waals surface area contributed by atoms with E-state index >= 15 is 0 Å². The standard InChI is InChI=1S/C26H31F3N6O3S2/c1-4-35-24(38)21(40-25(35)20(12-30)23(37)32-16-26(27,28)29)13-31-17-7-5-8-18(11-17)33(2)22(36)14-34-10-6-9-19(34)15-39-3/h5,7-8,11,13,19,31H,4,6,9-10,14-16H2,1-3H3,(H,32,37). The zero-order chi connectivity index (χ0) is 29.4. The first-order valence-electron chi connectivity index (χ1n) is 12.5. The van der Waals surface area contributed by atoms with Crippen LogP contribution in [0.2, 0.25) is 0 Å². The fourth-order valence-corrected chi connectivity index (χ4v) is 6.17. The minimum Gasteiger partial charge on any atom is -0.360 e. The minimum atomic E-state index is -4.64. The molecule has 0 spiro atoms. The Morgan fingerprint density at radius 2 is 2.10 bits per heavy atom. The highest BCUT2D eigenvalue weighted by molar-refractivity contribution is 7.98. The van der Waals surface area contributed by atoms with Gasteiger partial charge in [-0.15, -0.1) is 11.3 Å². The van der Waals surface area contributed by atoms with E-state index < -0.39 is 29.8 Å². The number of amides is 2. The molecule has 2 heterocycles. The molecule has 1 aliphatic rings. The third-order valence-corrected chi connectivity index (χ3v) is 8.25. The summed E-state index contributed by atoms with van der Waals surface area (Å²) in [5.41, 5.74) is 0.166. The SMILES string of the molecule is CCn1c(=C(C#N)C(=O)NCC(F)(F)F)sc(=CNc2cccc(N(C)C(=O)CN3CCCC3CSC)c2)c1=O. The van der Waals surface area contributed by atoms with E-state index in [-0.39, 0.29) is 21.6 Å². The summed E-state index contributed by atoms with van der Waals surface area (Å²) in [5.74, 6) is -0.259. The van der Waals surface area contributed by atoms with Gasteiger partial charge < -0.3 is 15.5 Å². The lowest BCUT2D eigenvalue weighted by Gasteiger charge is -2.26. The highest BCUT2D eigenvalue weighted by atomic mass is 32.2. The Morgan fingerprint density at radius 3 is 2.75 bits per heavy atom. The number of benzene rings is 1. The molecule has 2 amide bonds. The zero-order valence-corrected chi connectivity index (χ0v) is 24.0. The highest BCUT2D eigenvalue weighted by Gasteiger charge is 2.29. The molecular formula is C26H31F3N6O3S2. The van der Waals surface area contributed by atoms with Crippen LogP contribution in [0.5, 0.6) is 0 Å². The van der Waals surface area contributed by atoms with Crippen LogP contribution in [0.15, 0.2) is 29.1 Å². The number of aromatic nitrogens is 1. The van der Waals surface area contributed by atoms with Crippen molar-refractivity contribution in [3.63, 3.8) is 0 Å². The smallest absolute Gasteiger partial charge is 0.360 e. The minimum absolute atomic E-state index is 0.0359. The monoisotopic (exact) mass is 596 g/mol. The number of thioether (sulfide) groups is 1. The van der Waals surface area contributed by atoms with Crippen molar-refractivity contribution in [1.29, 1.82) is 5.26 Å². The number of hydrogen-bond acceptors (Lipinski definition) is 8. The van der Waals surface area contributed by atoms with E-state index in [1.807, 2.05) is 0 Å². The molecule has 1 unspecified atom stereocenters. The second kappa shape index (κ2) is 13.9. The average Bonchev–Trinajstić information content (AvgIpc) is 3.49. The lowest BCUT2D eigenvalue weighted by atomic mass is 10.2. The van der Waals surface area contributed by atoms with Crippen molar-refractivity contribution in [3.05, 3.63) is 43.8 Å². The maximum absolute atomic E-state index is 13.0. The summed E-state index contributed by atoms with van der Waals surface area (Å²) >= 11 is 2.59. The molecular weight excluding hydrogens is 565 g/mol. The van der Waals surface area contributed by atoms with Gasteiger partial charge in [0.15, 0.2) is 5.57 Å². The van der Waals surface area contributed by atoms with Gasteiger partial charge in [-0.1, -0.05) is 6.07 Å². The Morgan fingerprint density at radius 1 is 1.35 bits per heavy atom. The number of likely N-dealkylation sites (tertiary alicyclic amines) is 1. The van der Waals surface area contributed by atoms with Crippen LogP contribution in [0.3, 0.4) is 0 Å². The van der Waals surface area contributed by atoms with Crippen LogP contribution in [0.25, 0.3) is 11.8 Å². The van der Waals surface area contributed by atoms with Crippen LogP contribution in [-0.4, -0.2) is 72.2 Å². The molecule has 216 valence electrons. The normalized spacial score (nSPS) is 16.9. The molecule has 1 atom stereocenters. The first kappa shape index (κ1) is 31.3. The highest BCUT2D eigenvalue weighted by Crippen LogP contribution is 2.22. The van der Waals surface area contributed by atoms with Crippen molar-refractivity contribution in [2.75, 3.05) is 48.9 Å². The third-order valence-electron chi connectivity index (χ3n) is 6.40. The molecule has 9 nitrogen and oxygen atoms in total. The molecule has 0 radical (unpaired) electrons. The Labute approximate surface area is 237 Å². The number of rotatable bonds is 10. The number of carbonyl (C=O) groups is 2. The first-order chi connectivity index (χ1) is 19.0. The molecule has 3 rings (SSSR count). The van der Waals surface area contributed by atoms with Gasteiger partial charge in [0.1, 0.15) is 21.8 Å². The van der Waals surface area contributed by atoms with Gasteiger partial charge in [-0.05, 0) is 50.8 Å². The third kappa shape index (κ3) is 7.89. The molecule has 1 saturated heterocycles. The van der Waals surface area contributed by atoms with Gasteiger partial charge >= 0.3 is 6.18 Å². The molecule has 2 aromatic rings. The van der Waals surface area contributed by atoms with Gasteiger partial charge in [0.05, 0.1) is 6.54 Å². The molecule has 14 heteroatoms. The maximum Gasteiger partial charge on any atom is 0.405 e. The van der Waals surface area contributed by atoms with Crippen molar-refractivity contribution in [3.8, 4) is 6.07 Å². The summed E-state index contributed by atoms with van der Waals surface area (Å²) in [7, 11) is 1.71. The second-order valence-electron chi connectivity index (χ2n) is 9.12. The summed E-state index contributed by atoms with van der Waals surface area (Å²) < 4.78 is 38.8. The number of alkyl halides is 3. The van der Waals surface area contributed by atoms with E-state index in [0.29, 0.717) is 24.0 Å². The number of anilines is 2. The summed E-state index contributed by atoms with van der Waals surface area (Å²) in [5, 5.41) is 14.1. The van der Waals surface area contributed by atoms with Crippen molar-refractivity contribution in [2.45, 2.75) is 38.5 Å². The molecule has 2 N–H and O–H groups in total. The lowest BCUT2D eigenvalue weighted by molar-refractivity contribution is -0.135. The molecule has 0 saturated carbocycles. The molecule has 40 heavy (non-hydrogen) atoms. The summed E-state index contributed by atoms with van der Waals surface area (Å²) in [6, 6.07) is 9.08. The fourth-order valence-electron chi connectivity index (χ4n) is 4.32. The van der Waals surface area contributed by atoms with Crippen molar-refractivity contribution in [2.24, 2.45) is 0 Å². The molecule has 1 aromatic carbocycles. The molecule has 1 fully saturated rings. The van der Waals surface area contributed by atoms with Gasteiger partial charge in [-0.25, -0.2) is 0 Å². The second-order valence-corrected chi connectivity index (χ2v) is 11.1. The van der Waals surface area contributed by atoms with Gasteiger partial charge in [0.25, 0.3) is 11.5 Å². The van der Waals surface area contributed by atoms with E-state index in [1.54, 1.807) is 66.3 Å². The molecule has 1 aromatic heterocycles.